The van der Waals surface area contributed by atoms with Gasteiger partial charge in [0.05, 0.1) is 45.8 Å². The van der Waals surface area contributed by atoms with Gasteiger partial charge in [-0.05, 0) is 23.8 Å². The van der Waals surface area contributed by atoms with Crippen molar-refractivity contribution in [2.75, 3.05) is 18.2 Å². The number of thioether (sulfide) groups is 1. The van der Waals surface area contributed by atoms with Crippen molar-refractivity contribution in [3.8, 4) is 6.07 Å². The molecule has 2 N–H and O–H groups in total. The molecule has 35 heavy (non-hydrogen) atoms. The number of anilines is 1. The molecule has 0 spiro atoms. The highest BCUT2D eigenvalue weighted by atomic mass is 35.5. The minimum Gasteiger partial charge on any atom is -0.468 e. The zero-order chi connectivity index (χ0) is 25.8. The monoisotopic (exact) mass is 523 g/mol. The summed E-state index contributed by atoms with van der Waals surface area (Å²) in [6, 6.07) is 12.9. The number of allylic oxidation sites excluding steroid dienone is 1. The standard InChI is InChI=1S/C23H17ClF3N3O4S/c1-34-22(33)19-18(12-5-3-2-4-6-12)14(10-28)21(30-20(19)32)35-11-17(31)29-16-9-13(23(25,26)27)7-8-15(16)24/h2-9,18-19H,11H2,1H3,(H,29,31)(H,30,32)/t18-,19-/m1/s1. The van der Waals surface area contributed by atoms with Crippen molar-refractivity contribution in [3.05, 3.63) is 75.3 Å². The van der Waals surface area contributed by atoms with Crippen molar-refractivity contribution in [2.45, 2.75) is 12.1 Å². The van der Waals surface area contributed by atoms with E-state index in [4.69, 9.17) is 16.3 Å². The van der Waals surface area contributed by atoms with Gasteiger partial charge < -0.3 is 15.4 Å². The van der Waals surface area contributed by atoms with E-state index < -0.39 is 41.4 Å². The Kier molecular flexibility index (Phi) is 8.09. The van der Waals surface area contributed by atoms with E-state index in [1.54, 1.807) is 30.3 Å². The first-order valence-electron chi connectivity index (χ1n) is 9.94. The Morgan fingerprint density at radius 2 is 1.91 bits per heavy atom. The number of ether oxygens (including phenoxy) is 1. The van der Waals surface area contributed by atoms with Gasteiger partial charge in [0.25, 0.3) is 0 Å². The number of halogens is 4. The number of hydrogen-bond acceptors (Lipinski definition) is 6. The van der Waals surface area contributed by atoms with Crippen molar-refractivity contribution in [2.24, 2.45) is 5.92 Å². The molecule has 0 fully saturated rings. The van der Waals surface area contributed by atoms with E-state index in [2.05, 4.69) is 10.6 Å². The van der Waals surface area contributed by atoms with Crippen LogP contribution in [0.15, 0.2) is 59.1 Å². The zero-order valence-corrected chi connectivity index (χ0v) is 19.6. The van der Waals surface area contributed by atoms with E-state index in [0.717, 1.165) is 31.0 Å². The smallest absolute Gasteiger partial charge is 0.416 e. The fraction of sp³-hybridized carbons (Fsp3) is 0.217. The molecule has 12 heteroatoms. The molecule has 182 valence electrons. The summed E-state index contributed by atoms with van der Waals surface area (Å²) in [7, 11) is 1.13. The lowest BCUT2D eigenvalue weighted by molar-refractivity contribution is -0.150. The summed E-state index contributed by atoms with van der Waals surface area (Å²) in [4.78, 5) is 37.6. The molecule has 3 rings (SSSR count). The number of nitrogens with one attached hydrogen (secondary N) is 2. The summed E-state index contributed by atoms with van der Waals surface area (Å²) in [6.45, 7) is 0. The Labute approximate surface area is 207 Å². The maximum Gasteiger partial charge on any atom is 0.416 e. The molecule has 0 unspecified atom stereocenters. The van der Waals surface area contributed by atoms with Crippen molar-refractivity contribution in [1.82, 2.24) is 5.32 Å². The van der Waals surface area contributed by atoms with Gasteiger partial charge in [-0.2, -0.15) is 18.4 Å². The van der Waals surface area contributed by atoms with Crippen LogP contribution in [0.4, 0.5) is 18.9 Å². The molecule has 1 heterocycles. The number of carbonyl (C=O) groups is 3. The molecule has 0 aliphatic carbocycles. The second-order valence-electron chi connectivity index (χ2n) is 7.26. The Morgan fingerprint density at radius 1 is 1.23 bits per heavy atom. The fourth-order valence-corrected chi connectivity index (χ4v) is 4.47. The highest BCUT2D eigenvalue weighted by molar-refractivity contribution is 8.03. The third-order valence-electron chi connectivity index (χ3n) is 5.06. The molecular formula is C23H17ClF3N3O4S. The van der Waals surface area contributed by atoms with Crippen molar-refractivity contribution >= 4 is 46.8 Å². The number of benzene rings is 2. The average molecular weight is 524 g/mol. The molecule has 1 aliphatic rings. The maximum atomic E-state index is 13.0. The van der Waals surface area contributed by atoms with Crippen LogP contribution in [0.1, 0.15) is 17.0 Å². The third kappa shape index (κ3) is 5.96. The van der Waals surface area contributed by atoms with Gasteiger partial charge in [0, 0.05) is 5.92 Å². The van der Waals surface area contributed by atoms with Gasteiger partial charge in [0.1, 0.15) is 5.92 Å². The van der Waals surface area contributed by atoms with E-state index in [9.17, 15) is 32.8 Å². The highest BCUT2D eigenvalue weighted by Gasteiger charge is 2.44. The van der Waals surface area contributed by atoms with Gasteiger partial charge in [0.15, 0.2) is 0 Å². The molecule has 0 aromatic heterocycles. The third-order valence-corrected chi connectivity index (χ3v) is 6.40. The highest BCUT2D eigenvalue weighted by Crippen LogP contribution is 2.40. The van der Waals surface area contributed by atoms with Gasteiger partial charge in [-0.25, -0.2) is 0 Å². The number of carbonyl (C=O) groups excluding carboxylic acids is 3. The number of esters is 1. The summed E-state index contributed by atoms with van der Waals surface area (Å²) in [6.07, 6.45) is -4.62. The van der Waals surface area contributed by atoms with Crippen LogP contribution in [0.5, 0.6) is 0 Å². The second-order valence-corrected chi connectivity index (χ2v) is 8.66. The van der Waals surface area contributed by atoms with E-state index in [1.807, 2.05) is 6.07 Å². The SMILES string of the molecule is COC(=O)[C@H]1C(=O)NC(SCC(=O)Nc2cc(C(F)(F)F)ccc2Cl)=C(C#N)[C@H]1c1ccccc1. The first kappa shape index (κ1) is 26.1. The summed E-state index contributed by atoms with van der Waals surface area (Å²) >= 11 is 6.70. The summed E-state index contributed by atoms with van der Waals surface area (Å²) in [5.41, 5.74) is -0.658. The summed E-state index contributed by atoms with van der Waals surface area (Å²) in [5.74, 6) is -4.90. The number of hydrogen-bond donors (Lipinski definition) is 2. The van der Waals surface area contributed by atoms with Crippen LogP contribution in [0.3, 0.4) is 0 Å². The lowest BCUT2D eigenvalue weighted by Gasteiger charge is -2.30. The summed E-state index contributed by atoms with van der Waals surface area (Å²) < 4.78 is 43.7. The minimum absolute atomic E-state index is 0.0427. The quantitative estimate of drug-likeness (QED) is 0.427. The second kappa shape index (κ2) is 10.8. The van der Waals surface area contributed by atoms with Gasteiger partial charge in [-0.15, -0.1) is 0 Å². The van der Waals surface area contributed by atoms with E-state index in [1.165, 1.54) is 0 Å². The zero-order valence-electron chi connectivity index (χ0n) is 18.0. The molecule has 0 saturated heterocycles. The molecule has 2 aromatic rings. The van der Waals surface area contributed by atoms with Crippen LogP contribution in [-0.4, -0.2) is 30.6 Å². The van der Waals surface area contributed by atoms with E-state index in [-0.39, 0.29) is 27.1 Å². The Morgan fingerprint density at radius 3 is 2.51 bits per heavy atom. The van der Waals surface area contributed by atoms with E-state index in [0.29, 0.717) is 11.6 Å². The summed E-state index contributed by atoms with van der Waals surface area (Å²) in [5, 5.41) is 14.6. The minimum atomic E-state index is -4.62. The number of nitrogens with zero attached hydrogens (tertiary/aromatic N) is 1. The first-order valence-corrected chi connectivity index (χ1v) is 11.3. The predicted molar refractivity (Wildman–Crippen MR) is 123 cm³/mol. The van der Waals surface area contributed by atoms with Crippen molar-refractivity contribution in [1.29, 1.82) is 5.26 Å². The topological polar surface area (TPSA) is 108 Å². The largest absolute Gasteiger partial charge is 0.468 e. The Bertz CT molecular complexity index is 1230. The number of alkyl halides is 3. The fourth-order valence-electron chi connectivity index (χ4n) is 3.46. The molecule has 2 aromatic carbocycles. The number of rotatable bonds is 6. The maximum absolute atomic E-state index is 13.0. The Balaban J connectivity index is 1.86. The van der Waals surface area contributed by atoms with Crippen molar-refractivity contribution < 1.29 is 32.3 Å². The van der Waals surface area contributed by atoms with Crippen LogP contribution in [0.2, 0.25) is 5.02 Å². The molecule has 0 radical (unpaired) electrons. The molecule has 2 atom stereocenters. The molecular weight excluding hydrogens is 507 g/mol. The van der Waals surface area contributed by atoms with E-state index >= 15 is 0 Å². The molecule has 7 nitrogen and oxygen atoms in total. The number of amides is 2. The predicted octanol–water partition coefficient (Wildman–Crippen LogP) is 4.47. The van der Waals surface area contributed by atoms with Gasteiger partial charge >= 0.3 is 12.1 Å². The number of methoxy groups -OCH3 is 1. The molecule has 0 saturated carbocycles. The normalized spacial score (nSPS) is 17.9. The van der Waals surface area contributed by atoms with Crippen LogP contribution < -0.4 is 10.6 Å². The van der Waals surface area contributed by atoms with Crippen LogP contribution in [-0.2, 0) is 25.3 Å². The Hall–Kier alpha value is -3.49. The van der Waals surface area contributed by atoms with Gasteiger partial charge in [0.2, 0.25) is 11.8 Å². The molecule has 0 bridgehead atoms. The van der Waals surface area contributed by atoms with Crippen LogP contribution >= 0.6 is 23.4 Å². The van der Waals surface area contributed by atoms with Gasteiger partial charge in [-0.3, -0.25) is 14.4 Å². The number of nitriles is 1. The van der Waals surface area contributed by atoms with Crippen LogP contribution in [0, 0.1) is 17.2 Å². The lowest BCUT2D eigenvalue weighted by Crippen LogP contribution is -2.44. The average Bonchev–Trinajstić information content (AvgIpc) is 2.83. The lowest BCUT2D eigenvalue weighted by atomic mass is 9.78. The first-order chi connectivity index (χ1) is 16.6. The molecule has 1 aliphatic heterocycles. The van der Waals surface area contributed by atoms with Crippen LogP contribution in [0.25, 0.3) is 0 Å². The van der Waals surface area contributed by atoms with Crippen molar-refractivity contribution in [3.63, 3.8) is 0 Å². The molecule has 2 amide bonds. The van der Waals surface area contributed by atoms with Gasteiger partial charge in [-0.1, -0.05) is 53.7 Å².